The smallest absolute Gasteiger partial charge is 0.203 e. The van der Waals surface area contributed by atoms with Crippen LogP contribution in [0.3, 0.4) is 0 Å². The molecular weight excluding hydrogens is 274 g/mol. The molecular formula is C19H13NO2. The van der Waals surface area contributed by atoms with Crippen LogP contribution in [0.5, 0.6) is 5.75 Å². The molecule has 0 spiro atoms. The molecule has 0 amide bonds. The first kappa shape index (κ1) is 15.1. The van der Waals surface area contributed by atoms with Crippen LogP contribution >= 0.6 is 0 Å². The quantitative estimate of drug-likeness (QED) is 0.366. The lowest BCUT2D eigenvalue weighted by atomic mass is 10.0. The Morgan fingerprint density at radius 3 is 2.41 bits per heavy atom. The summed E-state index contributed by atoms with van der Waals surface area (Å²) in [6, 6.07) is 17.7. The maximum Gasteiger partial charge on any atom is 0.203 e. The van der Waals surface area contributed by atoms with E-state index in [1.165, 1.54) is 0 Å². The minimum atomic E-state index is -0.296. The summed E-state index contributed by atoms with van der Waals surface area (Å²) in [5.74, 6) is 2.73. The Hall–Kier alpha value is -3.30. The Bertz CT molecular complexity index is 760. The Labute approximate surface area is 129 Å². The number of allylic oxidation sites excluding steroid dienone is 1. The maximum atomic E-state index is 12.3. The first-order chi connectivity index (χ1) is 10.7. The lowest BCUT2D eigenvalue weighted by Gasteiger charge is -2.03. The van der Waals surface area contributed by atoms with Crippen molar-refractivity contribution in [3.63, 3.8) is 0 Å². The summed E-state index contributed by atoms with van der Waals surface area (Å²) in [5.41, 5.74) is 1.32. The average Bonchev–Trinajstić information content (AvgIpc) is 2.59. The molecule has 106 valence electrons. The van der Waals surface area contributed by atoms with E-state index in [1.807, 2.05) is 12.1 Å². The summed E-state index contributed by atoms with van der Waals surface area (Å²) in [4.78, 5) is 12.3. The van der Waals surface area contributed by atoms with E-state index in [4.69, 9.17) is 11.2 Å². The van der Waals surface area contributed by atoms with Crippen LogP contribution in [-0.4, -0.2) is 12.4 Å². The fourth-order valence-corrected chi connectivity index (χ4v) is 1.85. The van der Waals surface area contributed by atoms with Crippen molar-refractivity contribution in [3.8, 4) is 24.2 Å². The van der Waals surface area contributed by atoms with Gasteiger partial charge in [-0.25, -0.2) is 0 Å². The molecule has 0 aliphatic heterocycles. The van der Waals surface area contributed by atoms with Gasteiger partial charge in [0.2, 0.25) is 5.78 Å². The Balaban J connectivity index is 2.21. The predicted molar refractivity (Wildman–Crippen MR) is 85.1 cm³/mol. The van der Waals surface area contributed by atoms with E-state index in [0.717, 1.165) is 5.56 Å². The summed E-state index contributed by atoms with van der Waals surface area (Å²) >= 11 is 0. The van der Waals surface area contributed by atoms with Crippen LogP contribution in [0.15, 0.2) is 60.2 Å². The van der Waals surface area contributed by atoms with Crippen LogP contribution in [0.1, 0.15) is 15.9 Å². The fraction of sp³-hybridized carbons (Fsp3) is 0.0526. The van der Waals surface area contributed by atoms with Gasteiger partial charge >= 0.3 is 0 Å². The first-order valence-electron chi connectivity index (χ1n) is 6.62. The van der Waals surface area contributed by atoms with Gasteiger partial charge in [-0.15, -0.1) is 6.42 Å². The van der Waals surface area contributed by atoms with Gasteiger partial charge < -0.3 is 4.74 Å². The van der Waals surface area contributed by atoms with Crippen molar-refractivity contribution in [2.75, 3.05) is 6.61 Å². The zero-order chi connectivity index (χ0) is 15.8. The molecule has 0 aliphatic rings. The monoisotopic (exact) mass is 287 g/mol. The Morgan fingerprint density at radius 1 is 1.14 bits per heavy atom. The number of hydrogen-bond acceptors (Lipinski definition) is 3. The van der Waals surface area contributed by atoms with Crippen molar-refractivity contribution < 1.29 is 9.53 Å². The highest BCUT2D eigenvalue weighted by Gasteiger charge is 2.11. The van der Waals surface area contributed by atoms with Gasteiger partial charge in [-0.05, 0) is 23.8 Å². The standard InChI is InChI=1S/C19H13NO2/c1-2-12-22-18-10-8-15(9-11-18)13-17(14-20)19(21)16-6-4-3-5-7-16/h1,3-11,13H,12H2/b17-13+. The van der Waals surface area contributed by atoms with Gasteiger partial charge in [0.05, 0.1) is 0 Å². The summed E-state index contributed by atoms with van der Waals surface area (Å²) in [6.45, 7) is 0.200. The van der Waals surface area contributed by atoms with E-state index in [0.29, 0.717) is 11.3 Å². The molecule has 3 nitrogen and oxygen atoms in total. The van der Waals surface area contributed by atoms with Crippen LogP contribution < -0.4 is 4.74 Å². The van der Waals surface area contributed by atoms with Crippen molar-refractivity contribution in [3.05, 3.63) is 71.3 Å². The molecule has 2 rings (SSSR count). The third-order valence-corrected chi connectivity index (χ3v) is 2.91. The number of nitrogens with zero attached hydrogens (tertiary/aromatic N) is 1. The molecule has 0 atom stereocenters. The van der Waals surface area contributed by atoms with E-state index < -0.39 is 0 Å². The lowest BCUT2D eigenvalue weighted by molar-refractivity contribution is 0.104. The van der Waals surface area contributed by atoms with Gasteiger partial charge in [-0.2, -0.15) is 5.26 Å². The van der Waals surface area contributed by atoms with E-state index in [1.54, 1.807) is 54.6 Å². The van der Waals surface area contributed by atoms with Crippen molar-refractivity contribution in [1.29, 1.82) is 5.26 Å². The van der Waals surface area contributed by atoms with Crippen LogP contribution in [0.4, 0.5) is 0 Å². The van der Waals surface area contributed by atoms with Gasteiger partial charge in [0.15, 0.2) is 0 Å². The highest BCUT2D eigenvalue weighted by molar-refractivity contribution is 6.13. The van der Waals surface area contributed by atoms with E-state index in [-0.39, 0.29) is 18.0 Å². The summed E-state index contributed by atoms with van der Waals surface area (Å²) < 4.78 is 5.27. The molecule has 0 aromatic heterocycles. The number of rotatable bonds is 5. The van der Waals surface area contributed by atoms with Crippen molar-refractivity contribution >= 4 is 11.9 Å². The topological polar surface area (TPSA) is 50.1 Å². The normalized spacial score (nSPS) is 10.4. The summed E-state index contributed by atoms with van der Waals surface area (Å²) in [6.07, 6.45) is 6.68. The van der Waals surface area contributed by atoms with Gasteiger partial charge in [-0.3, -0.25) is 4.79 Å². The lowest BCUT2D eigenvalue weighted by Crippen LogP contribution is -2.01. The minimum absolute atomic E-state index is 0.0866. The number of terminal acetylenes is 1. The van der Waals surface area contributed by atoms with Gasteiger partial charge in [0.25, 0.3) is 0 Å². The number of carbonyl (C=O) groups is 1. The number of nitriles is 1. The number of Topliss-reactive ketones (excluding diaryl/α,β-unsaturated/α-hetero) is 1. The highest BCUT2D eigenvalue weighted by Crippen LogP contribution is 2.16. The molecule has 0 fully saturated rings. The minimum Gasteiger partial charge on any atom is -0.481 e. The van der Waals surface area contributed by atoms with Crippen LogP contribution in [0.25, 0.3) is 6.08 Å². The molecule has 0 aliphatic carbocycles. The molecule has 0 saturated heterocycles. The van der Waals surface area contributed by atoms with Gasteiger partial charge in [0, 0.05) is 5.56 Å². The molecule has 0 saturated carbocycles. The predicted octanol–water partition coefficient (Wildman–Crippen LogP) is 3.49. The molecule has 0 N–H and O–H groups in total. The Kier molecular flexibility index (Phi) is 5.13. The Morgan fingerprint density at radius 2 is 1.82 bits per heavy atom. The largest absolute Gasteiger partial charge is 0.481 e. The van der Waals surface area contributed by atoms with Crippen molar-refractivity contribution in [2.24, 2.45) is 0 Å². The van der Waals surface area contributed by atoms with Crippen LogP contribution in [0, 0.1) is 23.7 Å². The van der Waals surface area contributed by atoms with E-state index >= 15 is 0 Å². The SMILES string of the molecule is C#CCOc1ccc(/C=C(\C#N)C(=O)c2ccccc2)cc1. The highest BCUT2D eigenvalue weighted by atomic mass is 16.5. The number of ether oxygens (including phenoxy) is 1. The number of benzene rings is 2. The molecule has 22 heavy (non-hydrogen) atoms. The molecule has 2 aromatic rings. The van der Waals surface area contributed by atoms with Gasteiger partial charge in [0.1, 0.15) is 24.0 Å². The van der Waals surface area contributed by atoms with Crippen molar-refractivity contribution in [1.82, 2.24) is 0 Å². The van der Waals surface area contributed by atoms with Crippen molar-refractivity contribution in [2.45, 2.75) is 0 Å². The number of ketones is 1. The fourth-order valence-electron chi connectivity index (χ4n) is 1.85. The average molecular weight is 287 g/mol. The number of hydrogen-bond donors (Lipinski definition) is 0. The molecule has 0 bridgehead atoms. The van der Waals surface area contributed by atoms with Crippen LogP contribution in [0.2, 0.25) is 0 Å². The zero-order valence-corrected chi connectivity index (χ0v) is 11.8. The summed E-state index contributed by atoms with van der Waals surface area (Å²) in [7, 11) is 0. The second kappa shape index (κ2) is 7.47. The first-order valence-corrected chi connectivity index (χ1v) is 6.62. The molecule has 0 radical (unpaired) electrons. The molecule has 0 unspecified atom stereocenters. The summed E-state index contributed by atoms with van der Waals surface area (Å²) in [5, 5.41) is 9.20. The molecule has 3 heteroatoms. The maximum absolute atomic E-state index is 12.3. The number of carbonyl (C=O) groups excluding carboxylic acids is 1. The second-order valence-corrected chi connectivity index (χ2v) is 4.43. The van der Waals surface area contributed by atoms with Gasteiger partial charge in [-0.1, -0.05) is 48.4 Å². The third kappa shape index (κ3) is 3.85. The zero-order valence-electron chi connectivity index (χ0n) is 11.8. The van der Waals surface area contributed by atoms with E-state index in [9.17, 15) is 10.1 Å². The second-order valence-electron chi connectivity index (χ2n) is 4.43. The molecule has 0 heterocycles. The third-order valence-electron chi connectivity index (χ3n) is 2.91. The molecule has 2 aromatic carbocycles. The van der Waals surface area contributed by atoms with Crippen LogP contribution in [-0.2, 0) is 0 Å². The van der Waals surface area contributed by atoms with E-state index in [2.05, 4.69) is 5.92 Å².